The summed E-state index contributed by atoms with van der Waals surface area (Å²) < 4.78 is 18.4. The quantitative estimate of drug-likeness (QED) is 0.429. The minimum atomic E-state index is -2.50. The maximum atomic E-state index is 12.7. The van der Waals surface area contributed by atoms with E-state index in [1.165, 1.54) is 11.9 Å². The number of hydrogen-bond acceptors (Lipinski definition) is 8. The van der Waals surface area contributed by atoms with Crippen LogP contribution >= 0.6 is 18.7 Å². The molecule has 2 heterocycles. The zero-order chi connectivity index (χ0) is 25.2. The number of nitrogens with one attached hydrogen (secondary N) is 2. The molecule has 1 aliphatic rings. The number of piperazine rings is 1. The second kappa shape index (κ2) is 10.4. The van der Waals surface area contributed by atoms with Gasteiger partial charge in [-0.15, -0.1) is 0 Å². The van der Waals surface area contributed by atoms with Crippen LogP contribution < -0.4 is 25.6 Å². The summed E-state index contributed by atoms with van der Waals surface area (Å²) in [5.41, 5.74) is 3.78. The Bertz CT molecular complexity index is 1260. The lowest BCUT2D eigenvalue weighted by atomic mass is 10.1. The number of rotatable bonds is 7. The van der Waals surface area contributed by atoms with Crippen molar-refractivity contribution in [2.75, 3.05) is 69.2 Å². The fourth-order valence-corrected chi connectivity index (χ4v) is 5.44. The van der Waals surface area contributed by atoms with Crippen molar-refractivity contribution in [3.05, 3.63) is 53.2 Å². The first-order chi connectivity index (χ1) is 16.7. The monoisotopic (exact) mass is 514 g/mol. The molecule has 1 aromatic heterocycles. The normalized spacial score (nSPS) is 14.6. The van der Waals surface area contributed by atoms with Crippen LogP contribution in [-0.4, -0.2) is 68.5 Å². The van der Waals surface area contributed by atoms with Gasteiger partial charge >= 0.3 is 0 Å². The van der Waals surface area contributed by atoms with Gasteiger partial charge in [-0.1, -0.05) is 23.7 Å². The Morgan fingerprint density at radius 2 is 1.77 bits per heavy atom. The van der Waals surface area contributed by atoms with Crippen molar-refractivity contribution in [1.29, 1.82) is 0 Å². The summed E-state index contributed by atoms with van der Waals surface area (Å²) in [6, 6.07) is 11.6. The predicted octanol–water partition coefficient (Wildman–Crippen LogP) is 4.93. The van der Waals surface area contributed by atoms with E-state index >= 15 is 0 Å². The molecular formula is C25H32ClN6O2P. The number of para-hydroxylation sites is 1. The topological polar surface area (TPSA) is 82.6 Å². The second-order valence-electron chi connectivity index (χ2n) is 9.14. The highest BCUT2D eigenvalue weighted by atomic mass is 35.5. The van der Waals surface area contributed by atoms with Crippen molar-refractivity contribution < 1.29 is 9.30 Å². The summed E-state index contributed by atoms with van der Waals surface area (Å²) >= 11 is 6.40. The molecule has 8 nitrogen and oxygen atoms in total. The van der Waals surface area contributed by atoms with Crippen LogP contribution in [0.5, 0.6) is 5.75 Å². The molecule has 2 aromatic carbocycles. The summed E-state index contributed by atoms with van der Waals surface area (Å²) in [5.74, 6) is 1.51. The Kier molecular flexibility index (Phi) is 7.55. The molecule has 1 fully saturated rings. The number of methoxy groups -OCH3 is 1. The molecule has 10 heteroatoms. The molecule has 1 aliphatic heterocycles. The van der Waals surface area contributed by atoms with Gasteiger partial charge in [0.15, 0.2) is 5.82 Å². The third kappa shape index (κ3) is 5.89. The minimum absolute atomic E-state index is 0.362. The number of nitrogens with zero attached hydrogens (tertiary/aromatic N) is 4. The van der Waals surface area contributed by atoms with E-state index in [1.54, 1.807) is 20.4 Å². The van der Waals surface area contributed by atoms with Crippen LogP contribution in [0.25, 0.3) is 0 Å². The van der Waals surface area contributed by atoms with E-state index < -0.39 is 7.14 Å². The minimum Gasteiger partial charge on any atom is -0.494 e. The molecule has 0 aliphatic carbocycles. The molecule has 1 saturated heterocycles. The standard InChI is InChI=1S/C25H32ClN6O2P/c1-17-14-20(22(34-3)15-21(17)32-12-10-31(2)11-13-32)29-25-27-16-18(26)24(30-25)28-19-8-6-7-9-23(19)35(4,5)33/h6-9,14-16H,10-13H2,1-5H3,(H2,27,28,29,30). The number of halogens is 1. The Balaban J connectivity index is 1.60. The first-order valence-corrected chi connectivity index (χ1v) is 14.5. The van der Waals surface area contributed by atoms with Gasteiger partial charge in [-0.3, -0.25) is 0 Å². The first kappa shape index (κ1) is 25.3. The van der Waals surface area contributed by atoms with E-state index in [4.69, 9.17) is 16.3 Å². The van der Waals surface area contributed by atoms with E-state index in [-0.39, 0.29) is 0 Å². The SMILES string of the molecule is COc1cc(N2CCN(C)CC2)c(C)cc1Nc1ncc(Cl)c(Nc2ccccc2P(C)(C)=O)n1. The van der Waals surface area contributed by atoms with E-state index in [2.05, 4.69) is 56.5 Å². The van der Waals surface area contributed by atoms with Crippen molar-refractivity contribution in [2.45, 2.75) is 6.92 Å². The molecule has 0 bridgehead atoms. The van der Waals surface area contributed by atoms with Gasteiger partial charge in [0.1, 0.15) is 17.9 Å². The summed E-state index contributed by atoms with van der Waals surface area (Å²) in [6.07, 6.45) is 1.54. The number of aromatic nitrogens is 2. The number of hydrogen-bond donors (Lipinski definition) is 2. The molecule has 0 amide bonds. The van der Waals surface area contributed by atoms with Crippen LogP contribution in [0.2, 0.25) is 5.02 Å². The second-order valence-corrected chi connectivity index (χ2v) is 12.7. The van der Waals surface area contributed by atoms with Crippen LogP contribution in [0.3, 0.4) is 0 Å². The maximum absolute atomic E-state index is 12.7. The van der Waals surface area contributed by atoms with Crippen molar-refractivity contribution in [1.82, 2.24) is 14.9 Å². The summed E-state index contributed by atoms with van der Waals surface area (Å²) in [6.45, 7) is 9.60. The summed E-state index contributed by atoms with van der Waals surface area (Å²) in [7, 11) is 1.31. The van der Waals surface area contributed by atoms with Gasteiger partial charge in [0.05, 0.1) is 24.7 Å². The Hall–Kier alpha value is -2.80. The van der Waals surface area contributed by atoms with Crippen molar-refractivity contribution in [3.8, 4) is 5.75 Å². The molecule has 4 rings (SSSR count). The molecule has 0 saturated carbocycles. The molecule has 2 N–H and O–H groups in total. The van der Waals surface area contributed by atoms with Crippen LogP contribution in [-0.2, 0) is 4.57 Å². The highest BCUT2D eigenvalue weighted by Gasteiger charge is 2.20. The molecule has 186 valence electrons. The Morgan fingerprint density at radius 1 is 1.06 bits per heavy atom. The third-order valence-electron chi connectivity index (χ3n) is 6.09. The van der Waals surface area contributed by atoms with E-state index in [0.717, 1.165) is 42.7 Å². The molecular weight excluding hydrogens is 483 g/mol. The lowest BCUT2D eigenvalue weighted by Gasteiger charge is -2.35. The number of ether oxygens (including phenoxy) is 1. The fraction of sp³-hybridized carbons (Fsp3) is 0.360. The summed E-state index contributed by atoms with van der Waals surface area (Å²) in [4.78, 5) is 13.7. The van der Waals surface area contributed by atoms with Crippen molar-refractivity contribution >= 4 is 52.9 Å². The Labute approximate surface area is 212 Å². The average Bonchev–Trinajstić information content (AvgIpc) is 2.82. The highest BCUT2D eigenvalue weighted by Crippen LogP contribution is 2.39. The molecule has 0 atom stereocenters. The molecule has 0 spiro atoms. The molecule has 0 unspecified atom stereocenters. The average molecular weight is 515 g/mol. The van der Waals surface area contributed by atoms with E-state index in [0.29, 0.717) is 28.2 Å². The van der Waals surface area contributed by atoms with Gasteiger partial charge in [0.2, 0.25) is 5.95 Å². The summed E-state index contributed by atoms with van der Waals surface area (Å²) in [5, 5.41) is 7.60. The largest absolute Gasteiger partial charge is 0.494 e. The predicted molar refractivity (Wildman–Crippen MR) is 147 cm³/mol. The van der Waals surface area contributed by atoms with Crippen LogP contribution in [0.4, 0.5) is 28.8 Å². The molecule has 3 aromatic rings. The third-order valence-corrected chi connectivity index (χ3v) is 7.92. The number of benzene rings is 2. The van der Waals surface area contributed by atoms with Crippen LogP contribution in [0, 0.1) is 6.92 Å². The van der Waals surface area contributed by atoms with E-state index in [1.807, 2.05) is 24.3 Å². The number of likely N-dealkylation sites (N-methyl/N-ethyl adjacent to an activating group) is 1. The first-order valence-electron chi connectivity index (χ1n) is 11.5. The van der Waals surface area contributed by atoms with Crippen LogP contribution in [0.1, 0.15) is 5.56 Å². The van der Waals surface area contributed by atoms with Crippen LogP contribution in [0.15, 0.2) is 42.6 Å². The van der Waals surface area contributed by atoms with E-state index in [9.17, 15) is 4.57 Å². The number of anilines is 5. The van der Waals surface area contributed by atoms with Crippen molar-refractivity contribution in [2.24, 2.45) is 0 Å². The zero-order valence-electron chi connectivity index (χ0n) is 20.8. The van der Waals surface area contributed by atoms with Gasteiger partial charge in [-0.25, -0.2) is 4.98 Å². The highest BCUT2D eigenvalue weighted by molar-refractivity contribution is 7.70. The zero-order valence-corrected chi connectivity index (χ0v) is 22.5. The van der Waals surface area contributed by atoms with Gasteiger partial charge in [0.25, 0.3) is 0 Å². The fourth-order valence-electron chi connectivity index (χ4n) is 4.14. The smallest absolute Gasteiger partial charge is 0.229 e. The van der Waals surface area contributed by atoms with Gasteiger partial charge in [-0.05, 0) is 51.1 Å². The Morgan fingerprint density at radius 3 is 2.46 bits per heavy atom. The number of aryl methyl sites for hydroxylation is 1. The lowest BCUT2D eigenvalue weighted by molar-refractivity contribution is 0.312. The lowest BCUT2D eigenvalue weighted by Crippen LogP contribution is -2.44. The van der Waals surface area contributed by atoms with Gasteiger partial charge in [-0.2, -0.15) is 4.98 Å². The van der Waals surface area contributed by atoms with Gasteiger partial charge in [0, 0.05) is 43.2 Å². The van der Waals surface area contributed by atoms with Gasteiger partial charge < -0.3 is 29.7 Å². The maximum Gasteiger partial charge on any atom is 0.229 e. The molecule has 0 radical (unpaired) electrons. The van der Waals surface area contributed by atoms with Crippen molar-refractivity contribution in [3.63, 3.8) is 0 Å². The molecule has 35 heavy (non-hydrogen) atoms.